The second-order valence-electron chi connectivity index (χ2n) is 4.06. The number of halogens is 3. The molecular formula is C12H14ClF2NO4. The molecule has 112 valence electrons. The Morgan fingerprint density at radius 3 is 2.30 bits per heavy atom. The van der Waals surface area contributed by atoms with E-state index in [1.165, 1.54) is 26.4 Å². The van der Waals surface area contributed by atoms with Crippen molar-refractivity contribution in [3.05, 3.63) is 23.8 Å². The number of amides is 1. The molecule has 1 fully saturated rings. The quantitative estimate of drug-likeness (QED) is 0.932. The third-order valence-electron chi connectivity index (χ3n) is 2.79. The maximum absolute atomic E-state index is 13.8. The summed E-state index contributed by atoms with van der Waals surface area (Å²) in [6, 6.07) is 2.93. The van der Waals surface area contributed by atoms with Crippen molar-refractivity contribution in [3.63, 3.8) is 0 Å². The Bertz CT molecular complexity index is 476. The molecule has 1 N–H and O–H groups in total. The number of cyclic esters (lactones) is 1. The number of methoxy groups -OCH3 is 2. The predicted molar refractivity (Wildman–Crippen MR) is 69.0 cm³/mol. The molecule has 0 aliphatic carbocycles. The van der Waals surface area contributed by atoms with E-state index >= 15 is 0 Å². The van der Waals surface area contributed by atoms with E-state index in [-0.39, 0.29) is 18.0 Å². The molecular weight excluding hydrogens is 296 g/mol. The highest BCUT2D eigenvalue weighted by Gasteiger charge is 2.47. The highest BCUT2D eigenvalue weighted by atomic mass is 35.5. The van der Waals surface area contributed by atoms with Gasteiger partial charge in [0.25, 0.3) is 0 Å². The summed E-state index contributed by atoms with van der Waals surface area (Å²) >= 11 is 0. The molecule has 1 aliphatic rings. The summed E-state index contributed by atoms with van der Waals surface area (Å²) < 4.78 is 41.9. The minimum absolute atomic E-state index is 0. The number of alkyl carbamates (subject to hydrolysis) is 1. The van der Waals surface area contributed by atoms with Crippen LogP contribution < -0.4 is 14.8 Å². The Labute approximate surface area is 120 Å². The molecule has 1 atom stereocenters. The molecule has 2 rings (SSSR count). The van der Waals surface area contributed by atoms with Crippen LogP contribution in [-0.2, 0) is 4.74 Å². The minimum Gasteiger partial charge on any atom is -0.497 e. The number of hydrogen-bond donors (Lipinski definition) is 1. The molecule has 0 saturated carbocycles. The Balaban J connectivity index is 0.00000200. The average molecular weight is 310 g/mol. The van der Waals surface area contributed by atoms with Crippen LogP contribution >= 0.6 is 12.4 Å². The smallest absolute Gasteiger partial charge is 0.408 e. The zero-order valence-electron chi connectivity index (χ0n) is 10.8. The number of ether oxygens (including phenoxy) is 3. The van der Waals surface area contributed by atoms with Gasteiger partial charge < -0.3 is 19.5 Å². The van der Waals surface area contributed by atoms with E-state index in [0.29, 0.717) is 11.5 Å². The van der Waals surface area contributed by atoms with Crippen molar-refractivity contribution < 1.29 is 27.8 Å². The van der Waals surface area contributed by atoms with E-state index in [1.807, 2.05) is 0 Å². The van der Waals surface area contributed by atoms with Gasteiger partial charge in [0.15, 0.2) is 6.61 Å². The number of rotatable bonds is 3. The summed E-state index contributed by atoms with van der Waals surface area (Å²) in [5.41, 5.74) is 0.192. The van der Waals surface area contributed by atoms with Gasteiger partial charge in [-0.15, -0.1) is 12.4 Å². The molecule has 1 heterocycles. The molecule has 5 nitrogen and oxygen atoms in total. The van der Waals surface area contributed by atoms with E-state index in [9.17, 15) is 13.6 Å². The fraction of sp³-hybridized carbons (Fsp3) is 0.417. The van der Waals surface area contributed by atoms with Gasteiger partial charge in [-0.1, -0.05) is 0 Å². The van der Waals surface area contributed by atoms with E-state index in [1.54, 1.807) is 6.07 Å². The van der Waals surface area contributed by atoms with Gasteiger partial charge in [0, 0.05) is 6.07 Å². The topological polar surface area (TPSA) is 56.8 Å². The molecule has 1 amide bonds. The van der Waals surface area contributed by atoms with Gasteiger partial charge in [0.1, 0.15) is 17.5 Å². The molecule has 0 bridgehead atoms. The summed E-state index contributed by atoms with van der Waals surface area (Å²) in [5, 5.41) is 2.10. The van der Waals surface area contributed by atoms with Crippen molar-refractivity contribution in [2.45, 2.75) is 12.0 Å². The molecule has 0 aromatic heterocycles. The van der Waals surface area contributed by atoms with Gasteiger partial charge in [0.2, 0.25) is 0 Å². The first kappa shape index (κ1) is 16.3. The van der Waals surface area contributed by atoms with Gasteiger partial charge in [-0.3, -0.25) is 0 Å². The van der Waals surface area contributed by atoms with Crippen LogP contribution in [0.15, 0.2) is 18.2 Å². The first-order chi connectivity index (χ1) is 8.96. The first-order valence-corrected chi connectivity index (χ1v) is 5.50. The maximum atomic E-state index is 13.8. The van der Waals surface area contributed by atoms with Gasteiger partial charge in [-0.05, 0) is 17.7 Å². The highest BCUT2D eigenvalue weighted by Crippen LogP contribution is 2.37. The standard InChI is InChI=1S/C12H13F2NO4.ClH/c1-17-8-3-7(4-9(5-8)18-2)10-12(13,14)6-19-11(16)15-10;/h3-5,10H,6H2,1-2H3,(H,15,16);1H/t10-;/m1./s1. The third-order valence-corrected chi connectivity index (χ3v) is 2.79. The van der Waals surface area contributed by atoms with Crippen molar-refractivity contribution in [2.75, 3.05) is 20.8 Å². The Morgan fingerprint density at radius 1 is 1.25 bits per heavy atom. The largest absolute Gasteiger partial charge is 0.497 e. The predicted octanol–water partition coefficient (Wildman–Crippen LogP) is 2.54. The SMILES string of the molecule is COc1cc(OC)cc([C@H]2NC(=O)OCC2(F)F)c1.Cl. The molecule has 0 unspecified atom stereocenters. The molecule has 8 heteroatoms. The second kappa shape index (κ2) is 6.13. The van der Waals surface area contributed by atoms with Crippen LogP contribution in [0.3, 0.4) is 0 Å². The summed E-state index contributed by atoms with van der Waals surface area (Å²) in [6.07, 6.45) is -0.877. The average Bonchev–Trinajstić information content (AvgIpc) is 2.40. The van der Waals surface area contributed by atoms with Crippen LogP contribution in [0, 0.1) is 0 Å². The number of carbonyl (C=O) groups excluding carboxylic acids is 1. The third kappa shape index (κ3) is 3.22. The number of alkyl halides is 2. The summed E-state index contributed by atoms with van der Waals surface area (Å²) in [4.78, 5) is 11.1. The fourth-order valence-corrected chi connectivity index (χ4v) is 1.83. The monoisotopic (exact) mass is 309 g/mol. The van der Waals surface area contributed by atoms with E-state index in [2.05, 4.69) is 10.1 Å². The van der Waals surface area contributed by atoms with Crippen molar-refractivity contribution in [2.24, 2.45) is 0 Å². The van der Waals surface area contributed by atoms with E-state index in [4.69, 9.17) is 9.47 Å². The van der Waals surface area contributed by atoms with Crippen molar-refractivity contribution in [1.82, 2.24) is 5.32 Å². The van der Waals surface area contributed by atoms with Gasteiger partial charge >= 0.3 is 12.0 Å². The van der Waals surface area contributed by atoms with E-state index < -0.39 is 24.7 Å². The van der Waals surface area contributed by atoms with Gasteiger partial charge in [-0.25, -0.2) is 13.6 Å². The Hall–Kier alpha value is -1.76. The normalized spacial score (nSPS) is 20.2. The summed E-state index contributed by atoms with van der Waals surface area (Å²) in [6.45, 7) is -0.955. The second-order valence-corrected chi connectivity index (χ2v) is 4.06. The number of benzene rings is 1. The zero-order chi connectivity index (χ0) is 14.0. The van der Waals surface area contributed by atoms with E-state index in [0.717, 1.165) is 0 Å². The molecule has 0 radical (unpaired) electrons. The molecule has 1 saturated heterocycles. The van der Waals surface area contributed by atoms with Crippen LogP contribution in [0.2, 0.25) is 0 Å². The van der Waals surface area contributed by atoms with Crippen molar-refractivity contribution in [3.8, 4) is 11.5 Å². The number of nitrogens with one attached hydrogen (secondary N) is 1. The Morgan fingerprint density at radius 2 is 1.80 bits per heavy atom. The number of carbonyl (C=O) groups is 1. The van der Waals surface area contributed by atoms with Crippen molar-refractivity contribution >= 4 is 18.5 Å². The molecule has 20 heavy (non-hydrogen) atoms. The van der Waals surface area contributed by atoms with Crippen LogP contribution in [-0.4, -0.2) is 32.8 Å². The van der Waals surface area contributed by atoms with Crippen LogP contribution in [0.5, 0.6) is 11.5 Å². The zero-order valence-corrected chi connectivity index (χ0v) is 11.6. The van der Waals surface area contributed by atoms with Gasteiger partial charge in [-0.2, -0.15) is 0 Å². The fourth-order valence-electron chi connectivity index (χ4n) is 1.83. The molecule has 0 spiro atoms. The lowest BCUT2D eigenvalue weighted by molar-refractivity contribution is -0.104. The molecule has 1 aliphatic heterocycles. The summed E-state index contributed by atoms with van der Waals surface area (Å²) in [7, 11) is 2.83. The molecule has 1 aromatic carbocycles. The van der Waals surface area contributed by atoms with Crippen LogP contribution in [0.1, 0.15) is 11.6 Å². The lowest BCUT2D eigenvalue weighted by atomic mass is 9.99. The highest BCUT2D eigenvalue weighted by molar-refractivity contribution is 5.85. The van der Waals surface area contributed by atoms with Gasteiger partial charge in [0.05, 0.1) is 14.2 Å². The first-order valence-electron chi connectivity index (χ1n) is 5.50. The Kier molecular flexibility index (Phi) is 4.99. The summed E-state index contributed by atoms with van der Waals surface area (Å²) in [5.74, 6) is -2.47. The van der Waals surface area contributed by atoms with Crippen molar-refractivity contribution in [1.29, 1.82) is 0 Å². The number of hydrogen-bond acceptors (Lipinski definition) is 4. The van der Waals surface area contributed by atoms with Crippen LogP contribution in [0.4, 0.5) is 13.6 Å². The minimum atomic E-state index is -3.20. The lowest BCUT2D eigenvalue weighted by Gasteiger charge is -2.32. The van der Waals surface area contributed by atoms with Crippen LogP contribution in [0.25, 0.3) is 0 Å². The lowest BCUT2D eigenvalue weighted by Crippen LogP contribution is -2.49. The molecule has 1 aromatic rings. The maximum Gasteiger partial charge on any atom is 0.408 e.